The third-order valence-electron chi connectivity index (χ3n) is 7.61. The standard InChI is InChI=1S/C21H33NO3/c1-14-6-4-8-21(2)11-19-16(10-18(14)21)17(20(23)25-19)12-22-9-5-7-15(22)13-24-3/h15-19H,1,4-13H2,2-3H3/t15-,16-,17-,18+,19-,21-/m1/s1. The number of fused-ring (bicyclic) bond motifs is 2. The summed E-state index contributed by atoms with van der Waals surface area (Å²) in [5.74, 6) is 1.05. The van der Waals surface area contributed by atoms with Crippen LogP contribution in [0.15, 0.2) is 12.2 Å². The van der Waals surface area contributed by atoms with E-state index >= 15 is 0 Å². The maximum atomic E-state index is 12.7. The predicted octanol–water partition coefficient (Wildman–Crippen LogP) is 3.41. The van der Waals surface area contributed by atoms with Gasteiger partial charge in [-0.3, -0.25) is 9.69 Å². The molecule has 2 heterocycles. The largest absolute Gasteiger partial charge is 0.462 e. The normalized spacial score (nSPS) is 44.5. The Kier molecular flexibility index (Phi) is 4.70. The van der Waals surface area contributed by atoms with Gasteiger partial charge in [-0.15, -0.1) is 0 Å². The molecule has 4 rings (SSSR count). The minimum Gasteiger partial charge on any atom is -0.462 e. The van der Waals surface area contributed by atoms with Crippen molar-refractivity contribution in [1.82, 2.24) is 4.90 Å². The first-order chi connectivity index (χ1) is 12.0. The summed E-state index contributed by atoms with van der Waals surface area (Å²) in [6.07, 6.45) is 8.32. The lowest BCUT2D eigenvalue weighted by Gasteiger charge is -2.50. The Bertz CT molecular complexity index is 547. The summed E-state index contributed by atoms with van der Waals surface area (Å²) in [4.78, 5) is 15.2. The number of rotatable bonds is 4. The Balaban J connectivity index is 1.49. The molecule has 0 aromatic rings. The van der Waals surface area contributed by atoms with E-state index in [0.717, 1.165) is 32.5 Å². The van der Waals surface area contributed by atoms with Crippen molar-refractivity contribution in [1.29, 1.82) is 0 Å². The molecule has 0 radical (unpaired) electrons. The predicted molar refractivity (Wildman–Crippen MR) is 97.2 cm³/mol. The molecule has 0 aromatic carbocycles. The number of likely N-dealkylation sites (tertiary alicyclic amines) is 1. The molecule has 0 N–H and O–H groups in total. The van der Waals surface area contributed by atoms with Crippen LogP contribution in [0, 0.1) is 23.2 Å². The zero-order valence-corrected chi connectivity index (χ0v) is 15.8. The highest BCUT2D eigenvalue weighted by molar-refractivity contribution is 5.75. The molecule has 0 aromatic heterocycles. The Morgan fingerprint density at radius 2 is 2.24 bits per heavy atom. The first kappa shape index (κ1) is 17.5. The summed E-state index contributed by atoms with van der Waals surface area (Å²) in [5.41, 5.74) is 1.71. The molecular weight excluding hydrogens is 314 g/mol. The number of carbonyl (C=O) groups excluding carboxylic acids is 1. The molecule has 0 amide bonds. The van der Waals surface area contributed by atoms with Gasteiger partial charge in [0.25, 0.3) is 0 Å². The number of hydrogen-bond acceptors (Lipinski definition) is 4. The second kappa shape index (κ2) is 6.70. The minimum absolute atomic E-state index is 0.0433. The molecule has 2 saturated heterocycles. The van der Waals surface area contributed by atoms with Gasteiger partial charge in [0.1, 0.15) is 6.10 Å². The van der Waals surface area contributed by atoms with E-state index in [1.54, 1.807) is 7.11 Å². The highest BCUT2D eigenvalue weighted by atomic mass is 16.6. The molecule has 4 nitrogen and oxygen atoms in total. The van der Waals surface area contributed by atoms with Crippen LogP contribution < -0.4 is 0 Å². The molecule has 4 aliphatic rings. The summed E-state index contributed by atoms with van der Waals surface area (Å²) < 4.78 is 11.3. The van der Waals surface area contributed by atoms with Gasteiger partial charge in [0.2, 0.25) is 0 Å². The number of methoxy groups -OCH3 is 1. The number of allylic oxidation sites excluding steroid dienone is 1. The van der Waals surface area contributed by atoms with E-state index in [2.05, 4.69) is 18.4 Å². The third kappa shape index (κ3) is 3.06. The van der Waals surface area contributed by atoms with Gasteiger partial charge in [-0.2, -0.15) is 0 Å². The lowest BCUT2D eigenvalue weighted by atomic mass is 9.55. The fourth-order valence-corrected chi connectivity index (χ4v) is 6.23. The molecule has 140 valence electrons. The highest BCUT2D eigenvalue weighted by Gasteiger charge is 2.55. The van der Waals surface area contributed by atoms with Crippen LogP contribution >= 0.6 is 0 Å². The first-order valence-electron chi connectivity index (χ1n) is 10.1. The summed E-state index contributed by atoms with van der Waals surface area (Å²) >= 11 is 0. The molecule has 4 heteroatoms. The SMILES string of the molecule is C=C1CCC[C@]2(C)C[C@H]3OC(=O)[C@H](CN4CCC[C@@H]4COC)[C@H]3C[C@@H]12. The average molecular weight is 347 g/mol. The van der Waals surface area contributed by atoms with Gasteiger partial charge >= 0.3 is 5.97 Å². The van der Waals surface area contributed by atoms with E-state index in [1.807, 2.05) is 0 Å². The van der Waals surface area contributed by atoms with Crippen LogP contribution in [0.3, 0.4) is 0 Å². The van der Waals surface area contributed by atoms with Crippen molar-refractivity contribution in [3.8, 4) is 0 Å². The van der Waals surface area contributed by atoms with Gasteiger partial charge in [-0.05, 0) is 62.8 Å². The number of carbonyl (C=O) groups is 1. The van der Waals surface area contributed by atoms with Crippen molar-refractivity contribution < 1.29 is 14.3 Å². The number of ether oxygens (including phenoxy) is 2. The van der Waals surface area contributed by atoms with Crippen molar-refractivity contribution >= 4 is 5.97 Å². The molecule has 25 heavy (non-hydrogen) atoms. The fraction of sp³-hybridized carbons (Fsp3) is 0.857. The Morgan fingerprint density at radius 1 is 1.40 bits per heavy atom. The van der Waals surface area contributed by atoms with E-state index in [-0.39, 0.29) is 23.4 Å². The molecule has 2 aliphatic heterocycles. The first-order valence-corrected chi connectivity index (χ1v) is 10.1. The second-order valence-corrected chi connectivity index (χ2v) is 9.15. The number of nitrogens with zero attached hydrogens (tertiary/aromatic N) is 1. The van der Waals surface area contributed by atoms with Crippen molar-refractivity contribution in [3.63, 3.8) is 0 Å². The van der Waals surface area contributed by atoms with Crippen LogP contribution in [0.25, 0.3) is 0 Å². The van der Waals surface area contributed by atoms with Gasteiger partial charge in [0.05, 0.1) is 12.5 Å². The van der Waals surface area contributed by atoms with Crippen molar-refractivity contribution in [2.24, 2.45) is 23.2 Å². The van der Waals surface area contributed by atoms with Gasteiger partial charge < -0.3 is 9.47 Å². The zero-order chi connectivity index (χ0) is 17.6. The maximum absolute atomic E-state index is 12.7. The lowest BCUT2D eigenvalue weighted by molar-refractivity contribution is -0.146. The summed E-state index contributed by atoms with van der Waals surface area (Å²) in [6, 6.07) is 0.468. The smallest absolute Gasteiger partial charge is 0.310 e. The topological polar surface area (TPSA) is 38.8 Å². The van der Waals surface area contributed by atoms with Crippen LogP contribution in [0.1, 0.15) is 51.9 Å². The average Bonchev–Trinajstić information content (AvgIpc) is 3.11. The van der Waals surface area contributed by atoms with E-state index < -0.39 is 0 Å². The highest BCUT2D eigenvalue weighted by Crippen LogP contribution is 2.57. The van der Waals surface area contributed by atoms with Gasteiger partial charge in [0, 0.05) is 25.6 Å². The third-order valence-corrected chi connectivity index (χ3v) is 7.61. The number of hydrogen-bond donors (Lipinski definition) is 0. The molecule has 6 atom stereocenters. The van der Waals surface area contributed by atoms with Crippen molar-refractivity contribution in [2.75, 3.05) is 26.8 Å². The quantitative estimate of drug-likeness (QED) is 0.577. The van der Waals surface area contributed by atoms with Gasteiger partial charge in [-0.25, -0.2) is 0 Å². The Hall–Kier alpha value is -0.870. The fourth-order valence-electron chi connectivity index (χ4n) is 6.23. The summed E-state index contributed by atoms with van der Waals surface area (Å²) in [7, 11) is 1.77. The second-order valence-electron chi connectivity index (χ2n) is 9.15. The van der Waals surface area contributed by atoms with Gasteiger partial charge in [0.15, 0.2) is 0 Å². The maximum Gasteiger partial charge on any atom is 0.310 e. The zero-order valence-electron chi connectivity index (χ0n) is 15.8. The molecule has 2 aliphatic carbocycles. The van der Waals surface area contributed by atoms with Crippen molar-refractivity contribution in [2.45, 2.75) is 64.0 Å². The van der Waals surface area contributed by atoms with Crippen molar-refractivity contribution in [3.05, 3.63) is 12.2 Å². The van der Waals surface area contributed by atoms with Crippen LogP contribution in [0.2, 0.25) is 0 Å². The Morgan fingerprint density at radius 3 is 3.04 bits per heavy atom. The molecular formula is C21H33NO3. The monoisotopic (exact) mass is 347 g/mol. The number of esters is 1. The van der Waals surface area contributed by atoms with E-state index in [1.165, 1.54) is 37.7 Å². The molecule has 2 saturated carbocycles. The summed E-state index contributed by atoms with van der Waals surface area (Å²) in [6.45, 7) is 9.49. The molecule has 4 fully saturated rings. The van der Waals surface area contributed by atoms with Crippen LogP contribution in [-0.2, 0) is 14.3 Å². The molecule has 0 unspecified atom stereocenters. The molecule has 0 bridgehead atoms. The molecule has 0 spiro atoms. The lowest BCUT2D eigenvalue weighted by Crippen LogP contribution is -2.46. The van der Waals surface area contributed by atoms with E-state index in [4.69, 9.17) is 9.47 Å². The minimum atomic E-state index is 0.0433. The van der Waals surface area contributed by atoms with E-state index in [9.17, 15) is 4.79 Å². The Labute approximate surface area is 151 Å². The van der Waals surface area contributed by atoms with E-state index in [0.29, 0.717) is 17.9 Å². The van der Waals surface area contributed by atoms with Crippen LogP contribution in [0.4, 0.5) is 0 Å². The van der Waals surface area contributed by atoms with Crippen LogP contribution in [-0.4, -0.2) is 49.8 Å². The van der Waals surface area contributed by atoms with Crippen LogP contribution in [0.5, 0.6) is 0 Å². The van der Waals surface area contributed by atoms with Gasteiger partial charge in [-0.1, -0.05) is 19.1 Å². The summed E-state index contributed by atoms with van der Waals surface area (Å²) in [5, 5.41) is 0.